The fourth-order valence-corrected chi connectivity index (χ4v) is 3.46. The van der Waals surface area contributed by atoms with Crippen molar-refractivity contribution in [3.05, 3.63) is 16.7 Å². The molecule has 1 fully saturated rings. The minimum Gasteiger partial charge on any atom is -0.454 e. The van der Waals surface area contributed by atoms with E-state index in [2.05, 4.69) is 20.6 Å². The molecular weight excluding hydrogens is 458 g/mol. The first-order valence-electron chi connectivity index (χ1n) is 9.24. The number of rotatable bonds is 5. The summed E-state index contributed by atoms with van der Waals surface area (Å²) in [6.07, 6.45) is -11.0. The molecule has 3 rings (SSSR count). The van der Waals surface area contributed by atoms with Crippen LogP contribution in [0, 0.1) is 12.3 Å². The van der Waals surface area contributed by atoms with Crippen molar-refractivity contribution in [2.75, 3.05) is 5.73 Å². The molecule has 0 aromatic carbocycles. The van der Waals surface area contributed by atoms with Gasteiger partial charge in [-0.3, -0.25) is 14.2 Å². The highest BCUT2D eigenvalue weighted by molar-refractivity contribution is 5.72. The summed E-state index contributed by atoms with van der Waals surface area (Å²) in [7, 11) is 0. The van der Waals surface area contributed by atoms with Gasteiger partial charge in [0.05, 0.1) is 12.7 Å². The Bertz CT molecular complexity index is 1190. The minimum atomic E-state index is -5.24. The number of alkyl halides is 4. The molecule has 15 heteroatoms. The molecule has 0 bridgehead atoms. The van der Waals surface area contributed by atoms with Gasteiger partial charge in [0.15, 0.2) is 24.2 Å². The van der Waals surface area contributed by atoms with Crippen LogP contribution < -0.4 is 11.4 Å². The van der Waals surface area contributed by atoms with E-state index in [1.807, 2.05) is 0 Å². The summed E-state index contributed by atoms with van der Waals surface area (Å²) in [5, 5.41) is 0. The first kappa shape index (κ1) is 24.0. The molecule has 0 spiro atoms. The SMILES string of the molecule is C#CCn1c(=O)n([C@@H]2O[C@H]([C@@H](OC(C)=O)C(F)(F)F)[C@H](F)[C@H]2OC(C)=O)c2nc(N)ncc21. The fraction of sp³-hybridized carbons (Fsp3) is 0.500. The Morgan fingerprint density at radius 1 is 1.36 bits per heavy atom. The number of terminal acetylenes is 1. The molecule has 2 aromatic rings. The molecule has 1 saturated heterocycles. The van der Waals surface area contributed by atoms with Crippen LogP contribution in [-0.4, -0.2) is 61.7 Å². The van der Waals surface area contributed by atoms with E-state index in [1.54, 1.807) is 0 Å². The van der Waals surface area contributed by atoms with Gasteiger partial charge in [-0.25, -0.2) is 18.7 Å². The molecule has 11 nitrogen and oxygen atoms in total. The lowest BCUT2D eigenvalue weighted by Gasteiger charge is -2.26. The van der Waals surface area contributed by atoms with Gasteiger partial charge < -0.3 is 19.9 Å². The molecule has 0 aliphatic carbocycles. The van der Waals surface area contributed by atoms with Gasteiger partial charge in [0.25, 0.3) is 0 Å². The summed E-state index contributed by atoms with van der Waals surface area (Å²) in [6.45, 7) is 1.27. The Morgan fingerprint density at radius 3 is 2.58 bits per heavy atom. The summed E-state index contributed by atoms with van der Waals surface area (Å²) < 4.78 is 71.9. The lowest BCUT2D eigenvalue weighted by molar-refractivity contribution is -0.252. The zero-order valence-corrected chi connectivity index (χ0v) is 17.1. The van der Waals surface area contributed by atoms with Crippen molar-refractivity contribution in [1.82, 2.24) is 19.1 Å². The first-order valence-corrected chi connectivity index (χ1v) is 9.24. The zero-order valence-electron chi connectivity index (χ0n) is 17.1. The first-order chi connectivity index (χ1) is 15.4. The van der Waals surface area contributed by atoms with Gasteiger partial charge in [0.1, 0.15) is 11.6 Å². The smallest absolute Gasteiger partial charge is 0.428 e. The monoisotopic (exact) mass is 475 g/mol. The van der Waals surface area contributed by atoms with Crippen molar-refractivity contribution in [3.63, 3.8) is 0 Å². The Morgan fingerprint density at radius 2 is 2.03 bits per heavy atom. The van der Waals surface area contributed by atoms with Gasteiger partial charge in [-0.1, -0.05) is 5.92 Å². The van der Waals surface area contributed by atoms with Crippen LogP contribution >= 0.6 is 0 Å². The van der Waals surface area contributed by atoms with E-state index in [0.717, 1.165) is 17.7 Å². The number of aromatic nitrogens is 4. The van der Waals surface area contributed by atoms with Crippen LogP contribution in [0.5, 0.6) is 0 Å². The molecular formula is C18H17F4N5O6. The quantitative estimate of drug-likeness (QED) is 0.371. The molecule has 5 atom stereocenters. The number of carbonyl (C=O) groups excluding carboxylic acids is 2. The van der Waals surface area contributed by atoms with Crippen molar-refractivity contribution in [2.45, 2.75) is 57.3 Å². The topological polar surface area (TPSA) is 141 Å². The second kappa shape index (κ2) is 8.70. The number of nitrogens with two attached hydrogens (primary N) is 1. The van der Waals surface area contributed by atoms with Crippen LogP contribution in [0.4, 0.5) is 23.5 Å². The average Bonchev–Trinajstić information content (AvgIpc) is 3.13. The maximum atomic E-state index is 15.2. The van der Waals surface area contributed by atoms with Crippen LogP contribution in [-0.2, 0) is 30.3 Å². The fourth-order valence-electron chi connectivity index (χ4n) is 3.46. The number of nitrogens with zero attached hydrogens (tertiary/aromatic N) is 4. The number of carbonyl (C=O) groups is 2. The van der Waals surface area contributed by atoms with Crippen molar-refractivity contribution < 1.29 is 41.4 Å². The molecule has 33 heavy (non-hydrogen) atoms. The van der Waals surface area contributed by atoms with E-state index in [0.29, 0.717) is 11.5 Å². The number of hydrogen-bond acceptors (Lipinski definition) is 9. The number of esters is 2. The molecule has 0 unspecified atom stereocenters. The number of fused-ring (bicyclic) bond motifs is 1. The number of ether oxygens (including phenoxy) is 3. The zero-order chi connectivity index (χ0) is 24.7. The van der Waals surface area contributed by atoms with Gasteiger partial charge >= 0.3 is 23.8 Å². The molecule has 1 aliphatic rings. The lowest BCUT2D eigenvalue weighted by Crippen LogP contribution is -2.47. The third-order valence-electron chi connectivity index (χ3n) is 4.65. The Kier molecular flexibility index (Phi) is 6.32. The number of hydrogen-bond donors (Lipinski definition) is 1. The summed E-state index contributed by atoms with van der Waals surface area (Å²) >= 11 is 0. The van der Waals surface area contributed by atoms with Gasteiger partial charge in [-0.05, 0) is 0 Å². The average molecular weight is 475 g/mol. The van der Waals surface area contributed by atoms with Crippen molar-refractivity contribution in [1.29, 1.82) is 0 Å². The molecule has 3 heterocycles. The maximum absolute atomic E-state index is 15.2. The van der Waals surface area contributed by atoms with Crippen LogP contribution in [0.25, 0.3) is 11.2 Å². The summed E-state index contributed by atoms with van der Waals surface area (Å²) in [4.78, 5) is 43.4. The Hall–Kier alpha value is -3.67. The lowest BCUT2D eigenvalue weighted by atomic mass is 10.1. The van der Waals surface area contributed by atoms with E-state index in [9.17, 15) is 27.6 Å². The van der Waals surface area contributed by atoms with E-state index in [1.165, 1.54) is 0 Å². The second-order valence-electron chi connectivity index (χ2n) is 6.96. The highest BCUT2D eigenvalue weighted by Crippen LogP contribution is 2.41. The molecule has 0 saturated carbocycles. The van der Waals surface area contributed by atoms with Gasteiger partial charge in [0.2, 0.25) is 12.1 Å². The van der Waals surface area contributed by atoms with Gasteiger partial charge in [0, 0.05) is 13.8 Å². The molecule has 178 valence electrons. The molecule has 2 aromatic heterocycles. The van der Waals surface area contributed by atoms with E-state index in [-0.39, 0.29) is 23.7 Å². The predicted molar refractivity (Wildman–Crippen MR) is 101 cm³/mol. The van der Waals surface area contributed by atoms with Crippen molar-refractivity contribution in [3.8, 4) is 12.3 Å². The Balaban J connectivity index is 2.20. The molecule has 0 amide bonds. The molecule has 1 aliphatic heterocycles. The highest BCUT2D eigenvalue weighted by atomic mass is 19.4. The standard InChI is InChI=1S/C18H17F4N5O6/c1-4-5-26-9-6-24-16(23)25-14(9)27(17(26)30)15-12(31-7(2)28)10(19)11(33-15)13(18(20,21)22)32-8(3)29/h1,6,10-13,15H,5H2,2-3H3,(H2,23,24,25)/t10-,11-,12+,13+,15+/m0/s1. The number of anilines is 1. The van der Waals surface area contributed by atoms with E-state index in [4.69, 9.17) is 21.6 Å². The highest BCUT2D eigenvalue weighted by Gasteiger charge is 2.60. The van der Waals surface area contributed by atoms with E-state index < -0.39 is 54.5 Å². The summed E-state index contributed by atoms with van der Waals surface area (Å²) in [5.74, 6) is -0.534. The van der Waals surface area contributed by atoms with Crippen LogP contribution in [0.2, 0.25) is 0 Å². The Labute approximate surface area is 182 Å². The number of halogens is 4. The third kappa shape index (κ3) is 4.46. The summed E-state index contributed by atoms with van der Waals surface area (Å²) in [5.41, 5.74) is 4.36. The van der Waals surface area contributed by atoms with Crippen molar-refractivity contribution >= 4 is 29.1 Å². The largest absolute Gasteiger partial charge is 0.454 e. The second-order valence-corrected chi connectivity index (χ2v) is 6.96. The minimum absolute atomic E-state index is 0.0172. The third-order valence-corrected chi connectivity index (χ3v) is 4.65. The predicted octanol–water partition coefficient (Wildman–Crippen LogP) is 0.470. The molecule has 0 radical (unpaired) electrons. The maximum Gasteiger partial charge on any atom is 0.428 e. The van der Waals surface area contributed by atoms with Crippen molar-refractivity contribution in [2.24, 2.45) is 0 Å². The van der Waals surface area contributed by atoms with Gasteiger partial charge in [-0.15, -0.1) is 6.42 Å². The van der Waals surface area contributed by atoms with Crippen LogP contribution in [0.3, 0.4) is 0 Å². The van der Waals surface area contributed by atoms with E-state index >= 15 is 4.39 Å². The number of nitrogen functional groups attached to an aromatic ring is 1. The van der Waals surface area contributed by atoms with Crippen LogP contribution in [0.15, 0.2) is 11.0 Å². The summed E-state index contributed by atoms with van der Waals surface area (Å²) in [6, 6.07) is 0. The number of imidazole rings is 1. The normalized spacial score (nSPS) is 23.8. The van der Waals surface area contributed by atoms with Crippen LogP contribution in [0.1, 0.15) is 20.1 Å². The van der Waals surface area contributed by atoms with Gasteiger partial charge in [-0.2, -0.15) is 18.2 Å². The molecule has 2 N–H and O–H groups in total.